The highest BCUT2D eigenvalue weighted by Crippen LogP contribution is 2.50. The molecular formula is C10H9Cl3O3. The third-order valence-electron chi connectivity index (χ3n) is 2.32. The highest BCUT2D eigenvalue weighted by molar-refractivity contribution is 6.46. The summed E-state index contributed by atoms with van der Waals surface area (Å²) in [5.74, 6) is 0.181. The van der Waals surface area contributed by atoms with Crippen LogP contribution in [0, 0.1) is 0 Å². The molecule has 1 unspecified atom stereocenters. The minimum absolute atomic E-state index is 0.00238. The third-order valence-corrected chi connectivity index (χ3v) is 3.55. The van der Waals surface area contributed by atoms with E-state index in [1.807, 2.05) is 6.92 Å². The van der Waals surface area contributed by atoms with E-state index in [-0.39, 0.29) is 20.8 Å². The molecule has 1 atom stereocenters. The minimum Gasteiger partial charge on any atom is -0.505 e. The van der Waals surface area contributed by atoms with Gasteiger partial charge in [0.15, 0.2) is 5.75 Å². The third kappa shape index (κ3) is 1.82. The first-order valence-corrected chi connectivity index (χ1v) is 5.86. The van der Waals surface area contributed by atoms with Crippen molar-refractivity contribution < 1.29 is 14.6 Å². The zero-order valence-corrected chi connectivity index (χ0v) is 10.7. The van der Waals surface area contributed by atoms with E-state index in [4.69, 9.17) is 44.3 Å². The Kier molecular flexibility index (Phi) is 3.40. The summed E-state index contributed by atoms with van der Waals surface area (Å²) in [6.07, 6.45) is 0.0276. The average Bonchev–Trinajstić information content (AvgIpc) is 2.68. The van der Waals surface area contributed by atoms with Crippen molar-refractivity contribution in [1.82, 2.24) is 0 Å². The number of hydrogen-bond acceptors (Lipinski definition) is 3. The molecule has 3 nitrogen and oxygen atoms in total. The molecule has 88 valence electrons. The summed E-state index contributed by atoms with van der Waals surface area (Å²) < 4.78 is 10.8. The Morgan fingerprint density at radius 3 is 2.62 bits per heavy atom. The van der Waals surface area contributed by atoms with Crippen LogP contribution in [0.25, 0.3) is 0 Å². The number of halogens is 3. The van der Waals surface area contributed by atoms with E-state index in [9.17, 15) is 5.11 Å². The van der Waals surface area contributed by atoms with Gasteiger partial charge in [0, 0.05) is 18.6 Å². The van der Waals surface area contributed by atoms with Gasteiger partial charge >= 0.3 is 0 Å². The number of phenols is 1. The van der Waals surface area contributed by atoms with Crippen molar-refractivity contribution >= 4 is 34.8 Å². The minimum atomic E-state index is -0.423. The first-order chi connectivity index (χ1) is 7.56. The Hall–Kier alpha value is -0.350. The Morgan fingerprint density at radius 1 is 1.31 bits per heavy atom. The van der Waals surface area contributed by atoms with Crippen molar-refractivity contribution in [2.45, 2.75) is 19.6 Å². The Morgan fingerprint density at radius 2 is 2.00 bits per heavy atom. The fraction of sp³-hybridized carbons (Fsp3) is 0.400. The zero-order valence-electron chi connectivity index (χ0n) is 8.39. The van der Waals surface area contributed by atoms with Gasteiger partial charge in [-0.05, 0) is 6.92 Å². The molecule has 2 rings (SSSR count). The fourth-order valence-electron chi connectivity index (χ4n) is 1.60. The van der Waals surface area contributed by atoms with Gasteiger partial charge in [-0.15, -0.1) is 0 Å². The maximum absolute atomic E-state index is 9.62. The zero-order chi connectivity index (χ0) is 11.9. The van der Waals surface area contributed by atoms with Crippen LogP contribution in [0.15, 0.2) is 0 Å². The average molecular weight is 284 g/mol. The second-order valence-electron chi connectivity index (χ2n) is 3.31. The molecule has 1 aliphatic heterocycles. The second-order valence-corrected chi connectivity index (χ2v) is 4.44. The van der Waals surface area contributed by atoms with Crippen molar-refractivity contribution in [2.75, 3.05) is 6.61 Å². The van der Waals surface area contributed by atoms with Gasteiger partial charge in [-0.2, -0.15) is 0 Å². The van der Waals surface area contributed by atoms with Crippen molar-refractivity contribution in [2.24, 2.45) is 0 Å². The van der Waals surface area contributed by atoms with Gasteiger partial charge in [0.2, 0.25) is 6.29 Å². The number of rotatable bonds is 2. The van der Waals surface area contributed by atoms with E-state index in [2.05, 4.69) is 0 Å². The topological polar surface area (TPSA) is 38.7 Å². The van der Waals surface area contributed by atoms with Crippen LogP contribution in [0.4, 0.5) is 0 Å². The van der Waals surface area contributed by atoms with Gasteiger partial charge in [-0.3, -0.25) is 0 Å². The Balaban J connectivity index is 2.45. The van der Waals surface area contributed by atoms with Crippen LogP contribution in [0.2, 0.25) is 15.1 Å². The first-order valence-electron chi connectivity index (χ1n) is 4.72. The highest BCUT2D eigenvalue weighted by Gasteiger charge is 2.31. The van der Waals surface area contributed by atoms with Crippen LogP contribution in [0.1, 0.15) is 12.5 Å². The lowest BCUT2D eigenvalue weighted by atomic mass is 10.1. The van der Waals surface area contributed by atoms with Gasteiger partial charge < -0.3 is 14.6 Å². The van der Waals surface area contributed by atoms with Crippen LogP contribution < -0.4 is 4.74 Å². The predicted octanol–water partition coefficient (Wildman–Crippen LogP) is 3.65. The normalized spacial score (nSPS) is 18.4. The standard InChI is InChI=1S/C10H9Cl3O3/c1-2-15-5-3-4-6(11)9(14)7(12)8(13)10(4)16-5/h5,14H,2-3H2,1H3. The van der Waals surface area contributed by atoms with Gasteiger partial charge in [-0.1, -0.05) is 34.8 Å². The molecule has 16 heavy (non-hydrogen) atoms. The van der Waals surface area contributed by atoms with E-state index < -0.39 is 6.29 Å². The fourth-order valence-corrected chi connectivity index (χ4v) is 2.33. The quantitative estimate of drug-likeness (QED) is 0.842. The number of ether oxygens (including phenoxy) is 2. The SMILES string of the molecule is CCOC1Cc2c(Cl)c(O)c(Cl)c(Cl)c2O1. The van der Waals surface area contributed by atoms with Crippen molar-refractivity contribution in [1.29, 1.82) is 0 Å². The van der Waals surface area contributed by atoms with Crippen LogP contribution in [0.3, 0.4) is 0 Å². The molecule has 1 aromatic carbocycles. The van der Waals surface area contributed by atoms with E-state index in [1.54, 1.807) is 0 Å². The van der Waals surface area contributed by atoms with Crippen LogP contribution in [-0.4, -0.2) is 18.0 Å². The molecule has 0 amide bonds. The van der Waals surface area contributed by atoms with Crippen molar-refractivity contribution in [3.05, 3.63) is 20.6 Å². The monoisotopic (exact) mass is 282 g/mol. The summed E-state index contributed by atoms with van der Waals surface area (Å²) in [4.78, 5) is 0. The summed E-state index contributed by atoms with van der Waals surface area (Å²) in [7, 11) is 0. The Bertz CT molecular complexity index is 397. The van der Waals surface area contributed by atoms with Crippen molar-refractivity contribution in [3.8, 4) is 11.5 Å². The molecule has 0 aromatic heterocycles. The molecule has 0 radical (unpaired) electrons. The number of hydrogen-bond donors (Lipinski definition) is 1. The molecule has 1 aromatic rings. The van der Waals surface area contributed by atoms with Gasteiger partial charge in [0.1, 0.15) is 15.8 Å². The summed E-state index contributed by atoms with van der Waals surface area (Å²) in [5.41, 5.74) is 0.631. The van der Waals surface area contributed by atoms with Crippen LogP contribution in [-0.2, 0) is 11.2 Å². The molecule has 1 aliphatic rings. The predicted molar refractivity (Wildman–Crippen MR) is 62.9 cm³/mol. The van der Waals surface area contributed by atoms with E-state index >= 15 is 0 Å². The Labute approximate surface area is 108 Å². The second kappa shape index (κ2) is 4.49. The number of benzene rings is 1. The van der Waals surface area contributed by atoms with Gasteiger partial charge in [-0.25, -0.2) is 0 Å². The number of fused-ring (bicyclic) bond motifs is 1. The molecule has 1 N–H and O–H groups in total. The highest BCUT2D eigenvalue weighted by atomic mass is 35.5. The van der Waals surface area contributed by atoms with E-state index in [0.29, 0.717) is 24.3 Å². The lowest BCUT2D eigenvalue weighted by molar-refractivity contribution is -0.0602. The van der Waals surface area contributed by atoms with E-state index in [0.717, 1.165) is 0 Å². The van der Waals surface area contributed by atoms with Crippen molar-refractivity contribution in [3.63, 3.8) is 0 Å². The lowest BCUT2D eigenvalue weighted by Gasteiger charge is -2.10. The summed E-state index contributed by atoms with van der Waals surface area (Å²) in [5, 5.41) is 9.97. The lowest BCUT2D eigenvalue weighted by Crippen LogP contribution is -2.17. The molecule has 0 bridgehead atoms. The maximum atomic E-state index is 9.62. The van der Waals surface area contributed by atoms with Crippen LogP contribution >= 0.6 is 34.8 Å². The smallest absolute Gasteiger partial charge is 0.204 e. The molecule has 0 saturated carbocycles. The number of phenolic OH excluding ortho intramolecular Hbond substituents is 1. The summed E-state index contributed by atoms with van der Waals surface area (Å²) in [6.45, 7) is 2.38. The molecule has 6 heteroatoms. The first kappa shape index (κ1) is 12.1. The molecule has 0 fully saturated rings. The van der Waals surface area contributed by atoms with Crippen LogP contribution in [0.5, 0.6) is 11.5 Å². The molecule has 0 spiro atoms. The van der Waals surface area contributed by atoms with E-state index in [1.165, 1.54) is 0 Å². The van der Waals surface area contributed by atoms with Gasteiger partial charge in [0.25, 0.3) is 0 Å². The van der Waals surface area contributed by atoms with Gasteiger partial charge in [0.05, 0.1) is 5.02 Å². The molecule has 0 aliphatic carbocycles. The molecule has 1 heterocycles. The largest absolute Gasteiger partial charge is 0.505 e. The maximum Gasteiger partial charge on any atom is 0.204 e. The molecular weight excluding hydrogens is 274 g/mol. The molecule has 0 saturated heterocycles. The summed E-state index contributed by atoms with van der Waals surface area (Å²) >= 11 is 17.7. The number of aromatic hydroxyl groups is 1. The summed E-state index contributed by atoms with van der Waals surface area (Å²) in [6, 6.07) is 0.